The minimum absolute atomic E-state index is 1.03. The van der Waals surface area contributed by atoms with Gasteiger partial charge < -0.3 is 4.90 Å². The van der Waals surface area contributed by atoms with Gasteiger partial charge in [-0.1, -0.05) is 18.2 Å². The lowest BCUT2D eigenvalue weighted by molar-refractivity contribution is -0.617. The van der Waals surface area contributed by atoms with E-state index in [0.29, 0.717) is 0 Å². The van der Waals surface area contributed by atoms with Crippen LogP contribution in [0.2, 0.25) is 0 Å². The third kappa shape index (κ3) is 1.51. The summed E-state index contributed by atoms with van der Waals surface area (Å²) in [6.07, 6.45) is 0. The molecule has 0 atom stereocenters. The lowest BCUT2D eigenvalue weighted by Gasteiger charge is -2.13. The van der Waals surface area contributed by atoms with E-state index in [1.165, 1.54) is 0 Å². The van der Waals surface area contributed by atoms with Crippen LogP contribution in [0, 0.1) is 0 Å². The third-order valence-electron chi connectivity index (χ3n) is 3.31. The monoisotopic (exact) mass is 238 g/mol. The molecule has 0 spiro atoms. The molecule has 0 amide bonds. The Bertz CT molecular complexity index is 732. The fourth-order valence-corrected chi connectivity index (χ4v) is 2.36. The number of hydrogen-bond donors (Lipinski definition) is 0. The van der Waals surface area contributed by atoms with Crippen LogP contribution < -0.4 is 9.47 Å². The van der Waals surface area contributed by atoms with Crippen molar-refractivity contribution in [3.05, 3.63) is 42.5 Å². The van der Waals surface area contributed by atoms with E-state index < -0.39 is 0 Å². The first-order valence-corrected chi connectivity index (χ1v) is 6.03. The van der Waals surface area contributed by atoms with Crippen LogP contribution in [-0.2, 0) is 7.05 Å². The number of para-hydroxylation sites is 3. The molecule has 0 aliphatic rings. The van der Waals surface area contributed by atoms with Gasteiger partial charge in [-0.2, -0.15) is 4.57 Å². The predicted octanol–water partition coefficient (Wildman–Crippen LogP) is 2.28. The molecule has 3 rings (SSSR count). The first kappa shape index (κ1) is 11.0. The number of hydrogen-bond acceptors (Lipinski definition) is 2. The van der Waals surface area contributed by atoms with Crippen molar-refractivity contribution in [3.63, 3.8) is 0 Å². The number of aromatic nitrogens is 2. The van der Waals surface area contributed by atoms with E-state index in [9.17, 15) is 0 Å². The Balaban J connectivity index is 2.51. The first-order valence-electron chi connectivity index (χ1n) is 6.03. The molecule has 0 unspecified atom stereocenters. The van der Waals surface area contributed by atoms with Crippen LogP contribution in [0.1, 0.15) is 0 Å². The van der Waals surface area contributed by atoms with Gasteiger partial charge in [-0.15, -0.1) is 0 Å². The van der Waals surface area contributed by atoms with Crippen LogP contribution in [0.25, 0.3) is 22.1 Å². The number of fused-ring (bicyclic) bond motifs is 2. The van der Waals surface area contributed by atoms with E-state index in [1.54, 1.807) is 0 Å². The lowest BCUT2D eigenvalue weighted by atomic mass is 10.2. The largest absolute Gasteiger partial charge is 0.376 e. The molecule has 0 N–H and O–H groups in total. The Morgan fingerprint density at radius 2 is 1.67 bits per heavy atom. The topological polar surface area (TPSA) is 20.0 Å². The quantitative estimate of drug-likeness (QED) is 0.479. The average Bonchev–Trinajstić information content (AvgIpc) is 2.38. The zero-order valence-corrected chi connectivity index (χ0v) is 10.9. The Hall–Kier alpha value is -2.16. The zero-order chi connectivity index (χ0) is 12.7. The number of nitrogens with zero attached hydrogens (tertiary/aromatic N) is 3. The van der Waals surface area contributed by atoms with Crippen molar-refractivity contribution in [3.8, 4) is 0 Å². The maximum atomic E-state index is 4.80. The molecule has 0 aliphatic heterocycles. The second kappa shape index (κ2) is 3.95. The van der Waals surface area contributed by atoms with E-state index in [1.807, 2.05) is 26.2 Å². The molecule has 2 aromatic carbocycles. The SMILES string of the molecule is CN(C)c1cccc2c1nc1ccccc1[n+]2C. The minimum Gasteiger partial charge on any atom is -0.376 e. The number of rotatable bonds is 1. The molecule has 90 valence electrons. The highest BCUT2D eigenvalue weighted by atomic mass is 15.1. The van der Waals surface area contributed by atoms with Crippen molar-refractivity contribution in [2.45, 2.75) is 0 Å². The predicted molar refractivity (Wildman–Crippen MR) is 74.8 cm³/mol. The Morgan fingerprint density at radius 1 is 0.944 bits per heavy atom. The van der Waals surface area contributed by atoms with Crippen LogP contribution in [0.5, 0.6) is 0 Å². The molecule has 0 fully saturated rings. The van der Waals surface area contributed by atoms with Gasteiger partial charge in [-0.3, -0.25) is 0 Å². The number of anilines is 1. The highest BCUT2D eigenvalue weighted by Crippen LogP contribution is 2.23. The number of benzene rings is 2. The molecule has 1 heterocycles. The van der Waals surface area contributed by atoms with Crippen LogP contribution in [0.4, 0.5) is 5.69 Å². The Morgan fingerprint density at radius 3 is 2.44 bits per heavy atom. The van der Waals surface area contributed by atoms with Gasteiger partial charge in [-0.25, -0.2) is 4.98 Å². The molecule has 0 saturated carbocycles. The molecule has 18 heavy (non-hydrogen) atoms. The summed E-state index contributed by atoms with van der Waals surface area (Å²) in [5, 5.41) is 0. The lowest BCUT2D eigenvalue weighted by Crippen LogP contribution is -2.31. The molecular formula is C15H16N3+. The summed E-state index contributed by atoms with van der Waals surface area (Å²) in [5.74, 6) is 0. The smallest absolute Gasteiger partial charge is 0.233 e. The van der Waals surface area contributed by atoms with Crippen LogP contribution in [0.3, 0.4) is 0 Å². The van der Waals surface area contributed by atoms with Crippen molar-refractivity contribution in [2.24, 2.45) is 7.05 Å². The fourth-order valence-electron chi connectivity index (χ4n) is 2.36. The van der Waals surface area contributed by atoms with E-state index in [0.717, 1.165) is 27.8 Å². The van der Waals surface area contributed by atoms with Crippen LogP contribution >= 0.6 is 0 Å². The molecular weight excluding hydrogens is 222 g/mol. The third-order valence-corrected chi connectivity index (χ3v) is 3.31. The van der Waals surface area contributed by atoms with Gasteiger partial charge in [-0.05, 0) is 12.1 Å². The molecule has 1 aromatic heterocycles. The second-order valence-electron chi connectivity index (χ2n) is 4.70. The van der Waals surface area contributed by atoms with Crippen LogP contribution in [-0.4, -0.2) is 19.1 Å². The van der Waals surface area contributed by atoms with E-state index >= 15 is 0 Å². The summed E-state index contributed by atoms with van der Waals surface area (Å²) in [6, 6.07) is 14.5. The van der Waals surface area contributed by atoms with Gasteiger partial charge in [0.05, 0.1) is 5.69 Å². The average molecular weight is 238 g/mol. The van der Waals surface area contributed by atoms with Gasteiger partial charge >= 0.3 is 0 Å². The van der Waals surface area contributed by atoms with Crippen molar-refractivity contribution in [1.82, 2.24) is 4.98 Å². The molecule has 3 aromatic rings. The number of aryl methyl sites for hydroxylation is 1. The summed E-state index contributed by atoms with van der Waals surface area (Å²) in [7, 11) is 6.18. The van der Waals surface area contributed by atoms with Crippen molar-refractivity contribution in [2.75, 3.05) is 19.0 Å². The van der Waals surface area contributed by atoms with Gasteiger partial charge in [0, 0.05) is 26.2 Å². The normalized spacial score (nSPS) is 11.1. The highest BCUT2D eigenvalue weighted by molar-refractivity contribution is 5.90. The maximum Gasteiger partial charge on any atom is 0.233 e. The highest BCUT2D eigenvalue weighted by Gasteiger charge is 2.15. The van der Waals surface area contributed by atoms with Gasteiger partial charge in [0.15, 0.2) is 5.52 Å². The van der Waals surface area contributed by atoms with E-state index in [2.05, 4.69) is 46.8 Å². The molecule has 0 aliphatic carbocycles. The maximum absolute atomic E-state index is 4.80. The van der Waals surface area contributed by atoms with Crippen molar-refractivity contribution < 1.29 is 4.57 Å². The first-order chi connectivity index (χ1) is 8.68. The second-order valence-corrected chi connectivity index (χ2v) is 4.70. The van der Waals surface area contributed by atoms with Gasteiger partial charge in [0.25, 0.3) is 0 Å². The van der Waals surface area contributed by atoms with E-state index in [4.69, 9.17) is 4.98 Å². The molecule has 3 nitrogen and oxygen atoms in total. The molecule has 0 bridgehead atoms. The Labute approximate surface area is 106 Å². The summed E-state index contributed by atoms with van der Waals surface area (Å²) >= 11 is 0. The zero-order valence-electron chi connectivity index (χ0n) is 10.9. The van der Waals surface area contributed by atoms with Crippen LogP contribution in [0.15, 0.2) is 42.5 Å². The molecule has 0 radical (unpaired) electrons. The standard InChI is InChI=1S/C15H16N3/c1-17(2)13-9-6-10-14-15(13)16-11-7-4-5-8-12(11)18(14)3/h4-10H,1-3H3/q+1. The Kier molecular flexibility index (Phi) is 2.40. The summed E-state index contributed by atoms with van der Waals surface area (Å²) in [4.78, 5) is 6.90. The van der Waals surface area contributed by atoms with Gasteiger partial charge in [0.1, 0.15) is 12.6 Å². The molecule has 0 saturated heterocycles. The van der Waals surface area contributed by atoms with Crippen molar-refractivity contribution >= 4 is 27.8 Å². The fraction of sp³-hybridized carbons (Fsp3) is 0.200. The summed E-state index contributed by atoms with van der Waals surface area (Å²) in [5.41, 5.74) is 5.53. The summed E-state index contributed by atoms with van der Waals surface area (Å²) < 4.78 is 2.20. The summed E-state index contributed by atoms with van der Waals surface area (Å²) in [6.45, 7) is 0. The minimum atomic E-state index is 1.03. The van der Waals surface area contributed by atoms with Gasteiger partial charge in [0.2, 0.25) is 11.0 Å². The van der Waals surface area contributed by atoms with Crippen molar-refractivity contribution in [1.29, 1.82) is 0 Å². The molecule has 3 heteroatoms. The van der Waals surface area contributed by atoms with E-state index in [-0.39, 0.29) is 0 Å².